The van der Waals surface area contributed by atoms with E-state index in [0.717, 1.165) is 5.92 Å². The fourth-order valence-electron chi connectivity index (χ4n) is 1.43. The van der Waals surface area contributed by atoms with Gasteiger partial charge in [-0.15, -0.1) is 0 Å². The maximum absolute atomic E-state index is 4.23. The van der Waals surface area contributed by atoms with Crippen molar-refractivity contribution in [2.75, 3.05) is 0 Å². The smallest absolute Gasteiger partial charge is 0.102 e. The Balaban J connectivity index is 2.29. The van der Waals surface area contributed by atoms with E-state index in [1.807, 2.05) is 17.9 Å². The molecular formula is C8H11IN2. The van der Waals surface area contributed by atoms with Crippen molar-refractivity contribution >= 4 is 22.6 Å². The molecule has 0 aromatic carbocycles. The highest BCUT2D eigenvalue weighted by molar-refractivity contribution is 14.1. The summed E-state index contributed by atoms with van der Waals surface area (Å²) in [7, 11) is 2.00. The van der Waals surface area contributed by atoms with Gasteiger partial charge in [0.25, 0.3) is 0 Å². The Labute approximate surface area is 80.1 Å². The molecule has 3 heteroatoms. The molecule has 2 rings (SSSR count). The largest absolute Gasteiger partial charge is 0.262 e. The number of aromatic nitrogens is 2. The first-order chi connectivity index (χ1) is 5.29. The minimum Gasteiger partial charge on any atom is -0.262 e. The van der Waals surface area contributed by atoms with Gasteiger partial charge in [0.2, 0.25) is 0 Å². The molecule has 1 aromatic rings. The van der Waals surface area contributed by atoms with Gasteiger partial charge in [-0.05, 0) is 41.4 Å². The van der Waals surface area contributed by atoms with Crippen molar-refractivity contribution < 1.29 is 0 Å². The van der Waals surface area contributed by atoms with Crippen LogP contribution in [-0.2, 0) is 7.05 Å². The van der Waals surface area contributed by atoms with Gasteiger partial charge in [0.05, 0.1) is 6.20 Å². The first-order valence-corrected chi connectivity index (χ1v) is 5.04. The maximum Gasteiger partial charge on any atom is 0.102 e. The minimum atomic E-state index is 0.815. The molecule has 1 aliphatic rings. The van der Waals surface area contributed by atoms with Crippen molar-refractivity contribution in [3.63, 3.8) is 0 Å². The van der Waals surface area contributed by atoms with Crippen LogP contribution in [-0.4, -0.2) is 9.78 Å². The van der Waals surface area contributed by atoms with Crippen molar-refractivity contribution in [2.24, 2.45) is 7.05 Å². The third-order valence-corrected chi connectivity index (χ3v) is 3.76. The first kappa shape index (κ1) is 7.58. The normalized spacial score (nSPS) is 18.4. The second kappa shape index (κ2) is 2.77. The third kappa shape index (κ3) is 1.19. The molecule has 0 atom stereocenters. The summed E-state index contributed by atoms with van der Waals surface area (Å²) in [5.74, 6) is 0.815. The molecule has 1 saturated carbocycles. The number of rotatable bonds is 1. The van der Waals surface area contributed by atoms with Crippen LogP contribution in [0.2, 0.25) is 0 Å². The first-order valence-electron chi connectivity index (χ1n) is 3.96. The zero-order valence-electron chi connectivity index (χ0n) is 6.55. The summed E-state index contributed by atoms with van der Waals surface area (Å²) >= 11 is 2.37. The minimum absolute atomic E-state index is 0.815. The lowest BCUT2D eigenvalue weighted by atomic mass is 9.81. The summed E-state index contributed by atoms with van der Waals surface area (Å²) in [5, 5.41) is 4.23. The predicted octanol–water partition coefficient (Wildman–Crippen LogP) is 2.29. The van der Waals surface area contributed by atoms with Crippen molar-refractivity contribution in [3.8, 4) is 0 Å². The topological polar surface area (TPSA) is 17.8 Å². The van der Waals surface area contributed by atoms with E-state index in [-0.39, 0.29) is 0 Å². The second-order valence-corrected chi connectivity index (χ2v) is 4.16. The van der Waals surface area contributed by atoms with Gasteiger partial charge in [-0.3, -0.25) is 4.68 Å². The van der Waals surface area contributed by atoms with Gasteiger partial charge in [0.1, 0.15) is 3.70 Å². The lowest BCUT2D eigenvalue weighted by Gasteiger charge is -2.24. The Kier molecular flexibility index (Phi) is 1.91. The van der Waals surface area contributed by atoms with Crippen LogP contribution in [0.15, 0.2) is 6.20 Å². The van der Waals surface area contributed by atoms with Crippen LogP contribution in [0.4, 0.5) is 0 Å². The van der Waals surface area contributed by atoms with E-state index in [2.05, 4.69) is 27.7 Å². The molecule has 1 aliphatic carbocycles. The maximum atomic E-state index is 4.23. The average molecular weight is 262 g/mol. The molecule has 1 heterocycles. The Hall–Kier alpha value is -0.0600. The molecule has 0 saturated heterocycles. The van der Waals surface area contributed by atoms with E-state index in [1.165, 1.54) is 28.5 Å². The van der Waals surface area contributed by atoms with Crippen molar-refractivity contribution in [1.29, 1.82) is 0 Å². The number of nitrogens with zero attached hydrogens (tertiary/aromatic N) is 2. The highest BCUT2D eigenvalue weighted by atomic mass is 127. The molecule has 0 spiro atoms. The molecule has 0 amide bonds. The van der Waals surface area contributed by atoms with Crippen LogP contribution >= 0.6 is 22.6 Å². The number of halogens is 1. The summed E-state index contributed by atoms with van der Waals surface area (Å²) in [6.07, 6.45) is 6.14. The van der Waals surface area contributed by atoms with E-state index in [9.17, 15) is 0 Å². The van der Waals surface area contributed by atoms with Crippen LogP contribution in [0.1, 0.15) is 30.7 Å². The van der Waals surface area contributed by atoms with Gasteiger partial charge < -0.3 is 0 Å². The number of hydrogen-bond donors (Lipinski definition) is 0. The second-order valence-electron chi connectivity index (χ2n) is 3.14. The zero-order valence-corrected chi connectivity index (χ0v) is 8.71. The van der Waals surface area contributed by atoms with Gasteiger partial charge in [-0.2, -0.15) is 5.10 Å². The highest BCUT2D eigenvalue weighted by Crippen LogP contribution is 2.37. The van der Waals surface area contributed by atoms with Crippen LogP contribution in [0.3, 0.4) is 0 Å². The molecule has 0 unspecified atom stereocenters. The number of hydrogen-bond acceptors (Lipinski definition) is 1. The lowest BCUT2D eigenvalue weighted by molar-refractivity contribution is 0.418. The molecule has 1 aromatic heterocycles. The Morgan fingerprint density at radius 1 is 1.64 bits per heavy atom. The van der Waals surface area contributed by atoms with E-state index in [0.29, 0.717) is 0 Å². The Bertz CT molecular complexity index is 263. The summed E-state index contributed by atoms with van der Waals surface area (Å²) in [5.41, 5.74) is 1.46. The van der Waals surface area contributed by atoms with E-state index >= 15 is 0 Å². The third-order valence-electron chi connectivity index (χ3n) is 2.44. The zero-order chi connectivity index (χ0) is 7.84. The van der Waals surface area contributed by atoms with Gasteiger partial charge in [0, 0.05) is 12.6 Å². The molecule has 11 heavy (non-hydrogen) atoms. The van der Waals surface area contributed by atoms with Gasteiger partial charge in [-0.25, -0.2) is 0 Å². The lowest BCUT2D eigenvalue weighted by Crippen LogP contribution is -2.09. The number of aryl methyl sites for hydroxylation is 1. The summed E-state index contributed by atoms with van der Waals surface area (Å²) in [4.78, 5) is 0. The molecule has 60 valence electrons. The summed E-state index contributed by atoms with van der Waals surface area (Å²) < 4.78 is 3.26. The molecule has 1 fully saturated rings. The molecule has 0 bridgehead atoms. The van der Waals surface area contributed by atoms with Crippen molar-refractivity contribution in [2.45, 2.75) is 25.2 Å². The van der Waals surface area contributed by atoms with Gasteiger partial charge >= 0.3 is 0 Å². The molecule has 0 radical (unpaired) electrons. The monoisotopic (exact) mass is 262 g/mol. The quantitative estimate of drug-likeness (QED) is 0.710. The highest BCUT2D eigenvalue weighted by Gasteiger charge is 2.23. The van der Waals surface area contributed by atoms with E-state index in [1.54, 1.807) is 0 Å². The van der Waals surface area contributed by atoms with Crippen LogP contribution in [0, 0.1) is 3.70 Å². The standard InChI is InChI=1S/C8H11IN2/c1-11-8(9)7(5-10-11)6-3-2-4-6/h5-6H,2-4H2,1H3. The molecule has 2 nitrogen and oxygen atoms in total. The van der Waals surface area contributed by atoms with Crippen LogP contribution in [0.5, 0.6) is 0 Å². The fourth-order valence-corrected chi connectivity index (χ4v) is 2.14. The van der Waals surface area contributed by atoms with Crippen LogP contribution in [0.25, 0.3) is 0 Å². The van der Waals surface area contributed by atoms with E-state index < -0.39 is 0 Å². The Morgan fingerprint density at radius 3 is 2.73 bits per heavy atom. The van der Waals surface area contributed by atoms with Crippen molar-refractivity contribution in [1.82, 2.24) is 9.78 Å². The molecule has 0 N–H and O–H groups in total. The van der Waals surface area contributed by atoms with E-state index in [4.69, 9.17) is 0 Å². The SMILES string of the molecule is Cn1ncc(C2CCC2)c1I. The van der Waals surface area contributed by atoms with Crippen molar-refractivity contribution in [3.05, 3.63) is 15.5 Å². The Morgan fingerprint density at radius 2 is 2.36 bits per heavy atom. The van der Waals surface area contributed by atoms with Gasteiger partial charge in [0.15, 0.2) is 0 Å². The molecular weight excluding hydrogens is 251 g/mol. The fraction of sp³-hybridized carbons (Fsp3) is 0.625. The predicted molar refractivity (Wildman–Crippen MR) is 52.5 cm³/mol. The van der Waals surface area contributed by atoms with Crippen LogP contribution < -0.4 is 0 Å². The van der Waals surface area contributed by atoms with Gasteiger partial charge in [-0.1, -0.05) is 6.42 Å². The molecule has 0 aliphatic heterocycles. The summed E-state index contributed by atoms with van der Waals surface area (Å²) in [6, 6.07) is 0. The summed E-state index contributed by atoms with van der Waals surface area (Å²) in [6.45, 7) is 0. The average Bonchev–Trinajstić information content (AvgIpc) is 2.15.